The van der Waals surface area contributed by atoms with Crippen LogP contribution in [0.15, 0.2) is 35.3 Å². The van der Waals surface area contributed by atoms with E-state index in [1.54, 1.807) is 33.7 Å². The number of nitrogens with one attached hydrogen (secondary N) is 1. The molecule has 0 fully saturated rings. The van der Waals surface area contributed by atoms with E-state index in [0.29, 0.717) is 0 Å². The number of aromatic nitrogens is 3. The normalized spacial score (nSPS) is 11.1. The van der Waals surface area contributed by atoms with Gasteiger partial charge in [0.15, 0.2) is 5.82 Å². The van der Waals surface area contributed by atoms with Crippen LogP contribution in [0.25, 0.3) is 10.4 Å². The van der Waals surface area contributed by atoms with E-state index in [1.165, 1.54) is 15.3 Å². The van der Waals surface area contributed by atoms with Crippen LogP contribution >= 0.6 is 22.7 Å². The molecule has 0 aromatic carbocycles. The van der Waals surface area contributed by atoms with Crippen molar-refractivity contribution in [1.82, 2.24) is 20.1 Å². The number of aryl methyl sites for hydroxylation is 1. The van der Waals surface area contributed by atoms with Gasteiger partial charge in [-0.25, -0.2) is 4.98 Å². The number of nitrogens with zero attached hydrogens (tertiary/aromatic N) is 3. The lowest BCUT2D eigenvalue weighted by molar-refractivity contribution is 0.665. The largest absolute Gasteiger partial charge is 0.311 e. The Morgan fingerprint density at radius 2 is 2.30 bits per heavy atom. The van der Waals surface area contributed by atoms with Crippen LogP contribution in [0.2, 0.25) is 0 Å². The average molecular weight is 304 g/mol. The predicted molar refractivity (Wildman–Crippen MR) is 84.0 cm³/mol. The number of hydrogen-bond donors (Lipinski definition) is 1. The molecule has 6 heteroatoms. The lowest BCUT2D eigenvalue weighted by Gasteiger charge is -2.00. The van der Waals surface area contributed by atoms with Crippen molar-refractivity contribution in [2.75, 3.05) is 6.54 Å². The summed E-state index contributed by atoms with van der Waals surface area (Å²) in [4.78, 5) is 6.92. The number of hydrogen-bond acceptors (Lipinski definition) is 5. The van der Waals surface area contributed by atoms with Gasteiger partial charge in [0.2, 0.25) is 0 Å². The first-order valence-electron chi connectivity index (χ1n) is 6.48. The molecule has 3 heterocycles. The second kappa shape index (κ2) is 6.30. The molecule has 3 rings (SSSR count). The fourth-order valence-electron chi connectivity index (χ4n) is 1.96. The molecule has 0 saturated carbocycles. The lowest BCUT2D eigenvalue weighted by atomic mass is 10.2. The molecule has 0 atom stereocenters. The van der Waals surface area contributed by atoms with Gasteiger partial charge in [0, 0.05) is 41.9 Å². The van der Waals surface area contributed by atoms with Crippen LogP contribution in [0.3, 0.4) is 0 Å². The molecule has 3 aromatic rings. The highest BCUT2D eigenvalue weighted by Crippen LogP contribution is 2.29. The third-order valence-electron chi connectivity index (χ3n) is 2.93. The highest BCUT2D eigenvalue weighted by Gasteiger charge is 2.03. The van der Waals surface area contributed by atoms with Crippen molar-refractivity contribution in [3.8, 4) is 10.4 Å². The molecular weight excluding hydrogens is 288 g/mol. The maximum absolute atomic E-state index is 4.26. The van der Waals surface area contributed by atoms with Crippen LogP contribution in [0, 0.1) is 0 Å². The van der Waals surface area contributed by atoms with E-state index in [9.17, 15) is 0 Å². The maximum Gasteiger partial charge on any atom is 0.151 e. The van der Waals surface area contributed by atoms with Crippen molar-refractivity contribution < 1.29 is 0 Å². The molecule has 0 aliphatic rings. The first kappa shape index (κ1) is 13.5. The molecule has 4 nitrogen and oxygen atoms in total. The van der Waals surface area contributed by atoms with Crippen LogP contribution in [0.5, 0.6) is 0 Å². The molecule has 0 radical (unpaired) electrons. The van der Waals surface area contributed by atoms with E-state index in [-0.39, 0.29) is 0 Å². The van der Waals surface area contributed by atoms with E-state index >= 15 is 0 Å². The zero-order valence-corrected chi connectivity index (χ0v) is 12.9. The quantitative estimate of drug-likeness (QED) is 0.712. The van der Waals surface area contributed by atoms with Gasteiger partial charge in [-0.3, -0.25) is 4.68 Å². The summed E-state index contributed by atoms with van der Waals surface area (Å²) in [6.45, 7) is 1.80. The molecule has 1 N–H and O–H groups in total. The highest BCUT2D eigenvalue weighted by molar-refractivity contribution is 7.14. The Hall–Kier alpha value is -1.50. The van der Waals surface area contributed by atoms with Crippen LogP contribution in [-0.4, -0.2) is 21.3 Å². The third kappa shape index (κ3) is 3.33. The van der Waals surface area contributed by atoms with Gasteiger partial charge in [-0.2, -0.15) is 5.10 Å². The Labute approximate surface area is 126 Å². The molecule has 0 spiro atoms. The van der Waals surface area contributed by atoms with Gasteiger partial charge < -0.3 is 5.32 Å². The SMILES string of the molecule is Cn1cnc(CCNCc2cc(-c3cccs3)cs2)n1. The molecule has 20 heavy (non-hydrogen) atoms. The second-order valence-electron chi connectivity index (χ2n) is 4.54. The van der Waals surface area contributed by atoms with Crippen molar-refractivity contribution in [2.45, 2.75) is 13.0 Å². The zero-order chi connectivity index (χ0) is 13.8. The smallest absolute Gasteiger partial charge is 0.151 e. The fraction of sp³-hybridized carbons (Fsp3) is 0.286. The molecule has 0 saturated heterocycles. The van der Waals surface area contributed by atoms with Gasteiger partial charge in [-0.1, -0.05) is 6.07 Å². The van der Waals surface area contributed by atoms with E-state index < -0.39 is 0 Å². The lowest BCUT2D eigenvalue weighted by Crippen LogP contribution is -2.16. The van der Waals surface area contributed by atoms with Gasteiger partial charge in [0.25, 0.3) is 0 Å². The minimum Gasteiger partial charge on any atom is -0.311 e. The van der Waals surface area contributed by atoms with Crippen LogP contribution in [0.4, 0.5) is 0 Å². The molecule has 0 unspecified atom stereocenters. The Balaban J connectivity index is 1.47. The van der Waals surface area contributed by atoms with Crippen molar-refractivity contribution in [2.24, 2.45) is 7.05 Å². The third-order valence-corrected chi connectivity index (χ3v) is 4.79. The molecular formula is C14H16N4S2. The van der Waals surface area contributed by atoms with E-state index in [4.69, 9.17) is 0 Å². The van der Waals surface area contributed by atoms with E-state index in [1.807, 2.05) is 7.05 Å². The van der Waals surface area contributed by atoms with Gasteiger partial charge >= 0.3 is 0 Å². The number of thiophene rings is 2. The summed E-state index contributed by atoms with van der Waals surface area (Å²) in [6.07, 6.45) is 2.60. The van der Waals surface area contributed by atoms with Crippen LogP contribution < -0.4 is 5.32 Å². The Morgan fingerprint density at radius 3 is 3.05 bits per heavy atom. The Bertz CT molecular complexity index is 654. The van der Waals surface area contributed by atoms with E-state index in [0.717, 1.165) is 25.3 Å². The van der Waals surface area contributed by atoms with Gasteiger partial charge in [0.05, 0.1) is 0 Å². The molecule has 0 amide bonds. The number of rotatable bonds is 6. The van der Waals surface area contributed by atoms with Crippen molar-refractivity contribution in [1.29, 1.82) is 0 Å². The highest BCUT2D eigenvalue weighted by atomic mass is 32.1. The first-order chi connectivity index (χ1) is 9.81. The van der Waals surface area contributed by atoms with Crippen molar-refractivity contribution in [3.05, 3.63) is 46.0 Å². The van der Waals surface area contributed by atoms with Gasteiger partial charge in [-0.15, -0.1) is 22.7 Å². The first-order valence-corrected chi connectivity index (χ1v) is 8.24. The van der Waals surface area contributed by atoms with Crippen LogP contribution in [0.1, 0.15) is 10.7 Å². The molecule has 104 valence electrons. The average Bonchev–Trinajstić information content (AvgIpc) is 3.16. The Kier molecular flexibility index (Phi) is 4.25. The summed E-state index contributed by atoms with van der Waals surface area (Å²) in [5.74, 6) is 0.894. The van der Waals surface area contributed by atoms with Gasteiger partial charge in [-0.05, 0) is 22.9 Å². The van der Waals surface area contributed by atoms with Crippen molar-refractivity contribution in [3.63, 3.8) is 0 Å². The molecule has 3 aromatic heterocycles. The zero-order valence-electron chi connectivity index (χ0n) is 11.2. The second-order valence-corrected chi connectivity index (χ2v) is 6.48. The molecule has 0 bridgehead atoms. The summed E-state index contributed by atoms with van der Waals surface area (Å²) in [5.41, 5.74) is 1.33. The molecule has 0 aliphatic heterocycles. The Morgan fingerprint density at radius 1 is 1.35 bits per heavy atom. The minimum atomic E-state index is 0.865. The molecule has 0 aliphatic carbocycles. The maximum atomic E-state index is 4.26. The topological polar surface area (TPSA) is 42.7 Å². The van der Waals surface area contributed by atoms with Gasteiger partial charge in [0.1, 0.15) is 6.33 Å². The monoisotopic (exact) mass is 304 g/mol. The summed E-state index contributed by atoms with van der Waals surface area (Å²) in [6, 6.07) is 6.52. The predicted octanol–water partition coefficient (Wildman–Crippen LogP) is 2.94. The van der Waals surface area contributed by atoms with E-state index in [2.05, 4.69) is 44.4 Å². The van der Waals surface area contributed by atoms with Crippen molar-refractivity contribution >= 4 is 22.7 Å². The summed E-state index contributed by atoms with van der Waals surface area (Å²) < 4.78 is 1.74. The summed E-state index contributed by atoms with van der Waals surface area (Å²) in [5, 5.41) is 12.0. The minimum absolute atomic E-state index is 0.865. The van der Waals surface area contributed by atoms with Crippen LogP contribution in [-0.2, 0) is 20.0 Å². The standard InChI is InChI=1S/C14H16N4S2/c1-18-10-16-14(17-18)4-5-15-8-12-7-11(9-20-12)13-3-2-6-19-13/h2-3,6-7,9-10,15H,4-5,8H2,1H3. The summed E-state index contributed by atoms with van der Waals surface area (Å²) >= 11 is 3.59. The summed E-state index contributed by atoms with van der Waals surface area (Å²) in [7, 11) is 1.89. The fourth-order valence-corrected chi connectivity index (χ4v) is 3.60.